The van der Waals surface area contributed by atoms with Crippen LogP contribution < -0.4 is 10.1 Å². The number of phenols is 1. The normalized spacial score (nSPS) is 10.5. The van der Waals surface area contributed by atoms with Crippen molar-refractivity contribution in [2.45, 2.75) is 6.54 Å². The molecule has 1 aromatic heterocycles. The van der Waals surface area contributed by atoms with Crippen LogP contribution in [0.5, 0.6) is 11.5 Å². The molecule has 0 saturated heterocycles. The summed E-state index contributed by atoms with van der Waals surface area (Å²) in [6, 6.07) is 11.6. The minimum absolute atomic E-state index is 0.0751. The number of hydrogen-bond acceptors (Lipinski definition) is 5. The van der Waals surface area contributed by atoms with E-state index in [1.165, 1.54) is 18.2 Å². The highest BCUT2D eigenvalue weighted by molar-refractivity contribution is 7.71. The van der Waals surface area contributed by atoms with Gasteiger partial charge in [0.15, 0.2) is 10.6 Å². The number of carbonyl (C=O) groups excluding carboxylic acids is 1. The quantitative estimate of drug-likeness (QED) is 0.457. The van der Waals surface area contributed by atoms with E-state index < -0.39 is 0 Å². The lowest BCUT2D eigenvalue weighted by Crippen LogP contribution is -2.19. The number of H-pyrrole nitrogens is 1. The van der Waals surface area contributed by atoms with E-state index in [4.69, 9.17) is 28.6 Å². The van der Waals surface area contributed by atoms with Crippen molar-refractivity contribution in [1.29, 1.82) is 0 Å². The highest BCUT2D eigenvalue weighted by atomic mass is 35.5. The molecule has 3 rings (SSSR count). The highest BCUT2D eigenvalue weighted by Gasteiger charge is 2.14. The van der Waals surface area contributed by atoms with Crippen molar-refractivity contribution in [1.82, 2.24) is 14.8 Å². The maximum absolute atomic E-state index is 12.4. The molecule has 134 valence electrons. The molecule has 0 aliphatic rings. The Hall–Kier alpha value is -2.84. The maximum atomic E-state index is 12.4. The maximum Gasteiger partial charge on any atom is 0.244 e. The number of benzene rings is 2. The molecule has 9 heteroatoms. The number of aromatic amines is 1. The van der Waals surface area contributed by atoms with E-state index in [1.54, 1.807) is 23.8 Å². The van der Waals surface area contributed by atoms with Gasteiger partial charge in [0.1, 0.15) is 18.0 Å². The van der Waals surface area contributed by atoms with Gasteiger partial charge in [-0.05, 0) is 54.7 Å². The van der Waals surface area contributed by atoms with Crippen LogP contribution in [0.15, 0.2) is 42.5 Å². The zero-order chi connectivity index (χ0) is 18.7. The van der Waals surface area contributed by atoms with Crippen LogP contribution in [0.4, 0.5) is 5.69 Å². The molecule has 2 aromatic carbocycles. The van der Waals surface area contributed by atoms with E-state index in [1.807, 2.05) is 12.1 Å². The van der Waals surface area contributed by atoms with Crippen LogP contribution in [-0.2, 0) is 11.3 Å². The number of amides is 1. The second kappa shape index (κ2) is 7.59. The smallest absolute Gasteiger partial charge is 0.244 e. The summed E-state index contributed by atoms with van der Waals surface area (Å²) in [4.78, 5) is 12.4. The molecular formula is C17H15ClN4O3S. The molecule has 26 heavy (non-hydrogen) atoms. The topological polar surface area (TPSA) is 92.2 Å². The van der Waals surface area contributed by atoms with Crippen LogP contribution in [0, 0.1) is 4.77 Å². The second-order valence-corrected chi connectivity index (χ2v) is 6.20. The Morgan fingerprint density at radius 2 is 2.08 bits per heavy atom. The van der Waals surface area contributed by atoms with Gasteiger partial charge < -0.3 is 15.2 Å². The van der Waals surface area contributed by atoms with E-state index in [9.17, 15) is 9.90 Å². The summed E-state index contributed by atoms with van der Waals surface area (Å²) in [5, 5.41) is 19.7. The van der Waals surface area contributed by atoms with Gasteiger partial charge in [0, 0.05) is 10.6 Å². The van der Waals surface area contributed by atoms with E-state index in [0.717, 1.165) is 5.56 Å². The number of nitrogens with one attached hydrogen (secondary N) is 2. The molecule has 1 amide bonds. The number of aromatic nitrogens is 3. The van der Waals surface area contributed by atoms with Crippen molar-refractivity contribution in [3.63, 3.8) is 0 Å². The lowest BCUT2D eigenvalue weighted by Gasteiger charge is -2.10. The average Bonchev–Trinajstić information content (AvgIpc) is 2.99. The first-order valence-electron chi connectivity index (χ1n) is 7.56. The summed E-state index contributed by atoms with van der Waals surface area (Å²) in [7, 11) is 1.58. The van der Waals surface area contributed by atoms with E-state index >= 15 is 0 Å². The first-order chi connectivity index (χ1) is 12.5. The summed E-state index contributed by atoms with van der Waals surface area (Å²) in [5.41, 5.74) is 1.00. The summed E-state index contributed by atoms with van der Waals surface area (Å²) in [6.07, 6.45) is 0. The molecule has 0 saturated carbocycles. The van der Waals surface area contributed by atoms with Gasteiger partial charge in [-0.2, -0.15) is 5.10 Å². The minimum Gasteiger partial charge on any atom is -0.506 e. The standard InChI is InChI=1S/C17H15ClN4O3S/c1-25-12-5-2-10(3-6-12)16-20-21-17(26)22(16)9-15(24)19-13-8-11(18)4-7-14(13)23/h2-8,23H,9H2,1H3,(H,19,24)(H,21,26). The Labute approximate surface area is 159 Å². The summed E-state index contributed by atoms with van der Waals surface area (Å²) in [5.74, 6) is 0.774. The monoisotopic (exact) mass is 390 g/mol. The van der Waals surface area contributed by atoms with Gasteiger partial charge in [0.25, 0.3) is 0 Å². The second-order valence-electron chi connectivity index (χ2n) is 5.38. The molecule has 7 nitrogen and oxygen atoms in total. The highest BCUT2D eigenvalue weighted by Crippen LogP contribution is 2.27. The van der Waals surface area contributed by atoms with Crippen molar-refractivity contribution >= 4 is 35.4 Å². The third kappa shape index (κ3) is 3.87. The molecule has 0 unspecified atom stereocenters. The van der Waals surface area contributed by atoms with Crippen molar-refractivity contribution in [2.75, 3.05) is 12.4 Å². The fourth-order valence-electron chi connectivity index (χ4n) is 2.37. The summed E-state index contributed by atoms with van der Waals surface area (Å²) < 4.78 is 7.01. The molecule has 0 aliphatic carbocycles. The number of halogens is 1. The third-order valence-electron chi connectivity index (χ3n) is 3.64. The van der Waals surface area contributed by atoms with Gasteiger partial charge in [0.05, 0.1) is 12.8 Å². The molecule has 0 radical (unpaired) electrons. The number of aromatic hydroxyl groups is 1. The predicted octanol–water partition coefficient (Wildman–Crippen LogP) is 3.61. The van der Waals surface area contributed by atoms with E-state index in [-0.39, 0.29) is 23.9 Å². The average molecular weight is 391 g/mol. The molecule has 1 heterocycles. The summed E-state index contributed by atoms with van der Waals surface area (Å²) >= 11 is 11.1. The molecular weight excluding hydrogens is 376 g/mol. The van der Waals surface area contributed by atoms with E-state index in [0.29, 0.717) is 21.4 Å². The number of nitrogens with zero attached hydrogens (tertiary/aromatic N) is 2. The Morgan fingerprint density at radius 3 is 2.77 bits per heavy atom. The van der Waals surface area contributed by atoms with Gasteiger partial charge in [0.2, 0.25) is 5.91 Å². The Morgan fingerprint density at radius 1 is 1.35 bits per heavy atom. The zero-order valence-electron chi connectivity index (χ0n) is 13.7. The van der Waals surface area contributed by atoms with Crippen LogP contribution in [0.3, 0.4) is 0 Å². The molecule has 3 N–H and O–H groups in total. The molecule has 0 fully saturated rings. The largest absolute Gasteiger partial charge is 0.506 e. The number of methoxy groups -OCH3 is 1. The summed E-state index contributed by atoms with van der Waals surface area (Å²) in [6.45, 7) is -0.0807. The van der Waals surface area contributed by atoms with Gasteiger partial charge in [-0.1, -0.05) is 11.6 Å². The fourth-order valence-corrected chi connectivity index (χ4v) is 2.74. The van der Waals surface area contributed by atoms with Crippen molar-refractivity contribution in [3.05, 3.63) is 52.3 Å². The SMILES string of the molecule is COc1ccc(-c2n[nH]c(=S)n2CC(=O)Nc2cc(Cl)ccc2O)cc1. The number of rotatable bonds is 5. The first kappa shape index (κ1) is 18.0. The first-order valence-corrected chi connectivity index (χ1v) is 8.34. The van der Waals surface area contributed by atoms with Crippen LogP contribution >= 0.6 is 23.8 Å². The van der Waals surface area contributed by atoms with Crippen LogP contribution in [-0.4, -0.2) is 32.9 Å². The molecule has 3 aromatic rings. The Kier molecular flexibility index (Phi) is 5.24. The number of ether oxygens (including phenoxy) is 1. The lowest BCUT2D eigenvalue weighted by molar-refractivity contribution is -0.116. The van der Waals surface area contributed by atoms with Crippen LogP contribution in [0.25, 0.3) is 11.4 Å². The Bertz CT molecular complexity index is 998. The van der Waals surface area contributed by atoms with Crippen LogP contribution in [0.1, 0.15) is 0 Å². The van der Waals surface area contributed by atoms with Gasteiger partial charge in [-0.15, -0.1) is 0 Å². The van der Waals surface area contributed by atoms with Gasteiger partial charge in [-0.3, -0.25) is 14.5 Å². The van der Waals surface area contributed by atoms with Crippen LogP contribution in [0.2, 0.25) is 5.02 Å². The van der Waals surface area contributed by atoms with Crippen molar-refractivity contribution in [2.24, 2.45) is 0 Å². The van der Waals surface area contributed by atoms with Gasteiger partial charge in [-0.25, -0.2) is 0 Å². The molecule has 0 atom stereocenters. The number of carbonyl (C=O) groups is 1. The minimum atomic E-state index is -0.380. The third-order valence-corrected chi connectivity index (χ3v) is 4.19. The molecule has 0 bridgehead atoms. The number of anilines is 1. The predicted molar refractivity (Wildman–Crippen MR) is 101 cm³/mol. The lowest BCUT2D eigenvalue weighted by atomic mass is 10.2. The van der Waals surface area contributed by atoms with Crippen molar-refractivity contribution < 1.29 is 14.6 Å². The van der Waals surface area contributed by atoms with Gasteiger partial charge >= 0.3 is 0 Å². The Balaban J connectivity index is 1.83. The number of hydrogen-bond donors (Lipinski definition) is 3. The van der Waals surface area contributed by atoms with E-state index in [2.05, 4.69) is 15.5 Å². The zero-order valence-corrected chi connectivity index (χ0v) is 15.3. The molecule has 0 spiro atoms. The fraction of sp³-hybridized carbons (Fsp3) is 0.118. The van der Waals surface area contributed by atoms with Crippen molar-refractivity contribution in [3.8, 4) is 22.9 Å². The number of phenolic OH excluding ortho intramolecular Hbond substituents is 1. The molecule has 0 aliphatic heterocycles.